The number of amides is 1. The first-order chi connectivity index (χ1) is 9.69. The summed E-state index contributed by atoms with van der Waals surface area (Å²) in [6, 6.07) is 10.3. The summed E-state index contributed by atoms with van der Waals surface area (Å²) in [4.78, 5) is 15.7. The molecule has 5 nitrogen and oxygen atoms in total. The maximum Gasteiger partial charge on any atom is 0.417 e. The smallest absolute Gasteiger partial charge is 0.417 e. The number of nitrogens with zero attached hydrogens (tertiary/aromatic N) is 1. The van der Waals surface area contributed by atoms with Crippen LogP contribution in [-0.2, 0) is 0 Å². The van der Waals surface area contributed by atoms with Crippen molar-refractivity contribution in [2.75, 3.05) is 11.9 Å². The summed E-state index contributed by atoms with van der Waals surface area (Å²) in [5.41, 5.74) is 0.430. The Hall–Kier alpha value is -2.27. The minimum absolute atomic E-state index is 0.323. The molecule has 0 radical (unpaired) electrons. The highest BCUT2D eigenvalue weighted by atomic mass is 35.5. The molecule has 2 aromatic rings. The van der Waals surface area contributed by atoms with Crippen molar-refractivity contribution >= 4 is 23.4 Å². The zero-order valence-electron chi connectivity index (χ0n) is 10.8. The first-order valence-corrected chi connectivity index (χ1v) is 6.39. The van der Waals surface area contributed by atoms with Crippen LogP contribution >= 0.6 is 11.6 Å². The zero-order valence-corrected chi connectivity index (χ0v) is 11.6. The predicted molar refractivity (Wildman–Crippen MR) is 76.5 cm³/mol. The number of pyridine rings is 1. The van der Waals surface area contributed by atoms with Gasteiger partial charge < -0.3 is 9.47 Å². The van der Waals surface area contributed by atoms with E-state index in [4.69, 9.17) is 21.1 Å². The Bertz CT molecular complexity index is 590. The highest BCUT2D eigenvalue weighted by molar-refractivity contribution is 6.32. The third-order valence-electron chi connectivity index (χ3n) is 2.29. The van der Waals surface area contributed by atoms with Crippen LogP contribution in [0.25, 0.3) is 0 Å². The van der Waals surface area contributed by atoms with Crippen molar-refractivity contribution in [3.8, 4) is 11.6 Å². The number of carbonyl (C=O) groups excluding carboxylic acids is 1. The number of carbonyl (C=O) groups is 1. The number of benzene rings is 1. The molecule has 1 aromatic heterocycles. The first-order valence-electron chi connectivity index (χ1n) is 6.01. The van der Waals surface area contributed by atoms with Crippen LogP contribution in [0.15, 0.2) is 42.6 Å². The molecular weight excluding hydrogens is 280 g/mol. The van der Waals surface area contributed by atoms with E-state index in [0.717, 1.165) is 0 Å². The largest absolute Gasteiger partial charge is 0.477 e. The standard InChI is InChI=1S/C14H13ClN2O3/c1-2-19-13-12(15)8-10(9-16-13)17-14(18)20-11-6-4-3-5-7-11/h3-9H,2H2,1H3,(H,17,18). The molecule has 0 fully saturated rings. The molecule has 0 aliphatic rings. The molecule has 0 spiro atoms. The third kappa shape index (κ3) is 3.86. The number of nitrogens with one attached hydrogen (secondary N) is 1. The quantitative estimate of drug-likeness (QED) is 0.932. The number of aromatic nitrogens is 1. The molecule has 20 heavy (non-hydrogen) atoms. The molecule has 0 unspecified atom stereocenters. The average molecular weight is 293 g/mol. The minimum atomic E-state index is -0.613. The lowest BCUT2D eigenvalue weighted by Gasteiger charge is -2.08. The fourth-order valence-electron chi connectivity index (χ4n) is 1.48. The molecule has 0 aliphatic heterocycles. The first kappa shape index (κ1) is 14.1. The van der Waals surface area contributed by atoms with Gasteiger partial charge in [-0.2, -0.15) is 0 Å². The van der Waals surface area contributed by atoms with Crippen LogP contribution in [0.2, 0.25) is 5.02 Å². The number of hydrogen-bond acceptors (Lipinski definition) is 4. The second-order valence-corrected chi connectivity index (χ2v) is 4.18. The van der Waals surface area contributed by atoms with E-state index >= 15 is 0 Å². The Kier molecular flexibility index (Phi) is 4.79. The molecule has 1 N–H and O–H groups in total. The summed E-state index contributed by atoms with van der Waals surface area (Å²) in [6.45, 7) is 2.30. The Morgan fingerprint density at radius 2 is 2.10 bits per heavy atom. The molecule has 0 aliphatic carbocycles. The van der Waals surface area contributed by atoms with Gasteiger partial charge in [-0.1, -0.05) is 29.8 Å². The summed E-state index contributed by atoms with van der Waals surface area (Å²) in [7, 11) is 0. The van der Waals surface area contributed by atoms with Gasteiger partial charge in [0, 0.05) is 0 Å². The lowest BCUT2D eigenvalue weighted by Crippen LogP contribution is -2.16. The molecule has 1 aromatic carbocycles. The van der Waals surface area contributed by atoms with Crippen molar-refractivity contribution < 1.29 is 14.3 Å². The molecule has 1 amide bonds. The number of halogens is 1. The van der Waals surface area contributed by atoms with Gasteiger partial charge in [0.1, 0.15) is 10.8 Å². The SMILES string of the molecule is CCOc1ncc(NC(=O)Oc2ccccc2)cc1Cl. The normalized spacial score (nSPS) is 9.90. The summed E-state index contributed by atoms with van der Waals surface area (Å²) in [5.74, 6) is 0.783. The van der Waals surface area contributed by atoms with Gasteiger partial charge in [0.25, 0.3) is 0 Å². The van der Waals surface area contributed by atoms with Crippen LogP contribution in [0.5, 0.6) is 11.6 Å². The molecule has 6 heteroatoms. The van der Waals surface area contributed by atoms with Crippen molar-refractivity contribution in [3.05, 3.63) is 47.6 Å². The zero-order chi connectivity index (χ0) is 14.4. The number of anilines is 1. The van der Waals surface area contributed by atoms with Gasteiger partial charge in [-0.05, 0) is 25.1 Å². The van der Waals surface area contributed by atoms with Gasteiger partial charge in [0.05, 0.1) is 18.5 Å². The molecule has 1 heterocycles. The second-order valence-electron chi connectivity index (χ2n) is 3.77. The van der Waals surface area contributed by atoms with Crippen molar-refractivity contribution in [3.63, 3.8) is 0 Å². The maximum absolute atomic E-state index is 11.7. The summed E-state index contributed by atoms with van der Waals surface area (Å²) >= 11 is 5.97. The minimum Gasteiger partial charge on any atom is -0.477 e. The number of hydrogen-bond donors (Lipinski definition) is 1. The molecule has 104 valence electrons. The molecule has 0 saturated heterocycles. The Morgan fingerprint density at radius 1 is 1.35 bits per heavy atom. The van der Waals surface area contributed by atoms with Crippen LogP contribution < -0.4 is 14.8 Å². The van der Waals surface area contributed by atoms with Crippen LogP contribution in [0, 0.1) is 0 Å². The van der Waals surface area contributed by atoms with E-state index in [1.807, 2.05) is 13.0 Å². The van der Waals surface area contributed by atoms with E-state index in [1.165, 1.54) is 6.20 Å². The van der Waals surface area contributed by atoms with Crippen molar-refractivity contribution in [2.24, 2.45) is 0 Å². The Balaban J connectivity index is 1.99. The van der Waals surface area contributed by atoms with Gasteiger partial charge in [-0.3, -0.25) is 5.32 Å². The summed E-state index contributed by atoms with van der Waals surface area (Å²) in [6.07, 6.45) is 0.835. The number of rotatable bonds is 4. The van der Waals surface area contributed by atoms with E-state index in [0.29, 0.717) is 28.9 Å². The highest BCUT2D eigenvalue weighted by Gasteiger charge is 2.08. The monoisotopic (exact) mass is 292 g/mol. The molecular formula is C14H13ClN2O3. The summed E-state index contributed by atoms with van der Waals surface area (Å²) < 4.78 is 10.3. The lowest BCUT2D eigenvalue weighted by molar-refractivity contribution is 0.215. The van der Waals surface area contributed by atoms with Gasteiger partial charge >= 0.3 is 6.09 Å². The topological polar surface area (TPSA) is 60.5 Å². The Morgan fingerprint density at radius 3 is 2.75 bits per heavy atom. The van der Waals surface area contributed by atoms with E-state index in [2.05, 4.69) is 10.3 Å². The predicted octanol–water partition coefficient (Wildman–Crippen LogP) is 3.74. The van der Waals surface area contributed by atoms with Crippen LogP contribution in [0.3, 0.4) is 0 Å². The van der Waals surface area contributed by atoms with Crippen molar-refractivity contribution in [1.82, 2.24) is 4.98 Å². The van der Waals surface area contributed by atoms with E-state index in [9.17, 15) is 4.79 Å². The maximum atomic E-state index is 11.7. The molecule has 0 bridgehead atoms. The number of para-hydroxylation sites is 1. The van der Waals surface area contributed by atoms with E-state index < -0.39 is 6.09 Å². The van der Waals surface area contributed by atoms with Gasteiger partial charge in [0.2, 0.25) is 5.88 Å². The molecule has 0 saturated carbocycles. The Labute approximate surface area is 121 Å². The lowest BCUT2D eigenvalue weighted by atomic mass is 10.3. The van der Waals surface area contributed by atoms with Gasteiger partial charge in [-0.25, -0.2) is 9.78 Å². The highest BCUT2D eigenvalue weighted by Crippen LogP contribution is 2.24. The number of ether oxygens (including phenoxy) is 2. The van der Waals surface area contributed by atoms with Crippen LogP contribution in [-0.4, -0.2) is 17.7 Å². The van der Waals surface area contributed by atoms with Crippen molar-refractivity contribution in [1.29, 1.82) is 0 Å². The van der Waals surface area contributed by atoms with Crippen LogP contribution in [0.4, 0.5) is 10.5 Å². The second kappa shape index (κ2) is 6.77. The van der Waals surface area contributed by atoms with E-state index in [-0.39, 0.29) is 0 Å². The third-order valence-corrected chi connectivity index (χ3v) is 2.56. The molecule has 0 atom stereocenters. The van der Waals surface area contributed by atoms with E-state index in [1.54, 1.807) is 30.3 Å². The van der Waals surface area contributed by atoms with Crippen molar-refractivity contribution in [2.45, 2.75) is 6.92 Å². The van der Waals surface area contributed by atoms with Crippen LogP contribution in [0.1, 0.15) is 6.92 Å². The molecule has 2 rings (SSSR count). The van der Waals surface area contributed by atoms with Gasteiger partial charge in [0.15, 0.2) is 0 Å². The van der Waals surface area contributed by atoms with Gasteiger partial charge in [-0.15, -0.1) is 0 Å². The summed E-state index contributed by atoms with van der Waals surface area (Å²) in [5, 5.41) is 2.86. The average Bonchev–Trinajstić information content (AvgIpc) is 2.43. The fourth-order valence-corrected chi connectivity index (χ4v) is 1.70. The fraction of sp³-hybridized carbons (Fsp3) is 0.143.